The number of carbonyl (C=O) groups is 2. The van der Waals surface area contributed by atoms with Gasteiger partial charge in [-0.2, -0.15) is 13.2 Å². The maximum atomic E-state index is 12.6. The maximum Gasteiger partial charge on any atom is 0.406 e. The van der Waals surface area contributed by atoms with Crippen molar-refractivity contribution in [2.45, 2.75) is 45.6 Å². The Hall–Kier alpha value is -2.55. The maximum absolute atomic E-state index is 12.6. The number of alkyl halides is 3. The Morgan fingerprint density at radius 1 is 1.28 bits per heavy atom. The molecule has 1 heterocycles. The molecule has 10 heteroatoms. The first-order valence-electron chi connectivity index (χ1n) is 8.90. The van der Waals surface area contributed by atoms with Crippen LogP contribution in [0.15, 0.2) is 36.7 Å². The predicted octanol–water partition coefficient (Wildman–Crippen LogP) is 3.99. The van der Waals surface area contributed by atoms with Crippen LogP contribution in [0, 0.1) is 5.92 Å². The van der Waals surface area contributed by atoms with E-state index in [-0.39, 0.29) is 11.7 Å². The average molecular weight is 432 g/mol. The SMILES string of the molecule is CC[C@H](C)[C@H](NC(=O)c1ccc(Cl)cc1)C(=O)OCc1nccn1CC(F)(F)F. The standard InChI is InChI=1S/C19H21ClF3N3O3/c1-3-12(2)16(25-17(27)13-4-6-14(20)7-5-13)18(28)29-10-15-24-8-9-26(15)11-19(21,22)23/h4-9,12,16H,3,10-11H2,1-2H3,(H,25,27)/t12-,16-/m0/s1. The van der Waals surface area contributed by atoms with Crippen molar-refractivity contribution >= 4 is 23.5 Å². The van der Waals surface area contributed by atoms with Gasteiger partial charge in [-0.15, -0.1) is 0 Å². The van der Waals surface area contributed by atoms with Crippen molar-refractivity contribution in [3.8, 4) is 0 Å². The molecular formula is C19H21ClF3N3O3. The largest absolute Gasteiger partial charge is 0.456 e. The van der Waals surface area contributed by atoms with Gasteiger partial charge in [0.1, 0.15) is 25.0 Å². The quantitative estimate of drug-likeness (QED) is 0.641. The zero-order valence-electron chi connectivity index (χ0n) is 15.9. The molecule has 0 aliphatic rings. The van der Waals surface area contributed by atoms with Gasteiger partial charge in [-0.05, 0) is 30.2 Å². The summed E-state index contributed by atoms with van der Waals surface area (Å²) in [5.74, 6) is -1.53. The van der Waals surface area contributed by atoms with Gasteiger partial charge >= 0.3 is 12.1 Å². The van der Waals surface area contributed by atoms with Crippen molar-refractivity contribution in [2.24, 2.45) is 5.92 Å². The van der Waals surface area contributed by atoms with Gasteiger partial charge in [-0.1, -0.05) is 31.9 Å². The molecule has 29 heavy (non-hydrogen) atoms. The first-order chi connectivity index (χ1) is 13.6. The van der Waals surface area contributed by atoms with E-state index in [1.165, 1.54) is 18.3 Å². The number of carbonyl (C=O) groups excluding carboxylic acids is 2. The molecule has 0 saturated carbocycles. The Bertz CT molecular complexity index is 837. The molecule has 0 fully saturated rings. The van der Waals surface area contributed by atoms with Crippen LogP contribution in [0.1, 0.15) is 36.5 Å². The normalized spacial score (nSPS) is 13.6. The minimum absolute atomic E-state index is 0.0393. The van der Waals surface area contributed by atoms with E-state index in [9.17, 15) is 22.8 Å². The van der Waals surface area contributed by atoms with Crippen LogP contribution in [-0.2, 0) is 22.7 Å². The monoisotopic (exact) mass is 431 g/mol. The zero-order valence-corrected chi connectivity index (χ0v) is 16.6. The number of imidazole rings is 1. The highest BCUT2D eigenvalue weighted by Gasteiger charge is 2.30. The predicted molar refractivity (Wildman–Crippen MR) is 100 cm³/mol. The minimum atomic E-state index is -4.43. The van der Waals surface area contributed by atoms with E-state index in [0.717, 1.165) is 10.8 Å². The van der Waals surface area contributed by atoms with Crippen LogP contribution in [0.5, 0.6) is 0 Å². The van der Waals surface area contributed by atoms with Crippen molar-refractivity contribution in [3.05, 3.63) is 53.1 Å². The number of benzene rings is 1. The number of aromatic nitrogens is 2. The smallest absolute Gasteiger partial charge is 0.406 e. The van der Waals surface area contributed by atoms with E-state index in [1.54, 1.807) is 19.1 Å². The number of esters is 1. The Balaban J connectivity index is 2.05. The minimum Gasteiger partial charge on any atom is -0.456 e. The third-order valence-electron chi connectivity index (χ3n) is 4.35. The number of rotatable bonds is 8. The topological polar surface area (TPSA) is 73.2 Å². The van der Waals surface area contributed by atoms with E-state index in [2.05, 4.69) is 10.3 Å². The Morgan fingerprint density at radius 3 is 2.52 bits per heavy atom. The zero-order chi connectivity index (χ0) is 21.6. The summed E-state index contributed by atoms with van der Waals surface area (Å²) in [6, 6.07) is 5.17. The number of nitrogens with one attached hydrogen (secondary N) is 1. The lowest BCUT2D eigenvalue weighted by Crippen LogP contribution is -2.46. The molecule has 0 bridgehead atoms. The summed E-state index contributed by atoms with van der Waals surface area (Å²) < 4.78 is 43.8. The number of amides is 1. The second-order valence-corrected chi connectivity index (χ2v) is 6.97. The third-order valence-corrected chi connectivity index (χ3v) is 4.61. The highest BCUT2D eigenvalue weighted by molar-refractivity contribution is 6.30. The third kappa shape index (κ3) is 6.77. The fourth-order valence-corrected chi connectivity index (χ4v) is 2.66. The summed E-state index contributed by atoms with van der Waals surface area (Å²) in [6.07, 6.45) is -1.50. The molecule has 1 aromatic carbocycles. The van der Waals surface area contributed by atoms with Crippen LogP contribution in [0.3, 0.4) is 0 Å². The Labute approximate surface area is 171 Å². The van der Waals surface area contributed by atoms with Gasteiger partial charge in [0.2, 0.25) is 0 Å². The lowest BCUT2D eigenvalue weighted by atomic mass is 9.99. The fourth-order valence-electron chi connectivity index (χ4n) is 2.54. The molecule has 0 aliphatic heterocycles. The summed E-state index contributed by atoms with van der Waals surface area (Å²) in [6.45, 7) is 1.93. The first-order valence-corrected chi connectivity index (χ1v) is 9.28. The summed E-state index contributed by atoms with van der Waals surface area (Å²) in [5.41, 5.74) is 0.316. The summed E-state index contributed by atoms with van der Waals surface area (Å²) >= 11 is 5.80. The number of hydrogen-bond donors (Lipinski definition) is 1. The lowest BCUT2D eigenvalue weighted by Gasteiger charge is -2.23. The van der Waals surface area contributed by atoms with Crippen molar-refractivity contribution in [3.63, 3.8) is 0 Å². The van der Waals surface area contributed by atoms with Gasteiger partial charge in [0, 0.05) is 23.0 Å². The van der Waals surface area contributed by atoms with E-state index in [4.69, 9.17) is 16.3 Å². The number of hydrogen-bond acceptors (Lipinski definition) is 4. The highest BCUT2D eigenvalue weighted by Crippen LogP contribution is 2.19. The molecule has 0 radical (unpaired) electrons. The molecule has 2 atom stereocenters. The van der Waals surface area contributed by atoms with E-state index >= 15 is 0 Å². The van der Waals surface area contributed by atoms with Crippen LogP contribution in [0.2, 0.25) is 5.02 Å². The second kappa shape index (κ2) is 9.78. The average Bonchev–Trinajstić information content (AvgIpc) is 3.09. The molecule has 2 aromatic rings. The number of ether oxygens (including phenoxy) is 1. The second-order valence-electron chi connectivity index (χ2n) is 6.54. The molecule has 1 amide bonds. The van der Waals surface area contributed by atoms with Crippen molar-refractivity contribution in [1.29, 1.82) is 0 Å². The Morgan fingerprint density at radius 2 is 1.93 bits per heavy atom. The summed E-state index contributed by atoms with van der Waals surface area (Å²) in [5, 5.41) is 3.09. The van der Waals surface area contributed by atoms with Gasteiger partial charge in [-0.25, -0.2) is 9.78 Å². The van der Waals surface area contributed by atoms with Crippen LogP contribution in [0.25, 0.3) is 0 Å². The number of halogens is 4. The van der Waals surface area contributed by atoms with Gasteiger partial charge in [0.25, 0.3) is 5.91 Å². The van der Waals surface area contributed by atoms with Gasteiger partial charge < -0.3 is 14.6 Å². The van der Waals surface area contributed by atoms with Crippen molar-refractivity contribution < 1.29 is 27.5 Å². The lowest BCUT2D eigenvalue weighted by molar-refractivity contribution is -0.149. The molecule has 158 valence electrons. The van der Waals surface area contributed by atoms with Crippen molar-refractivity contribution in [1.82, 2.24) is 14.9 Å². The van der Waals surface area contributed by atoms with E-state index in [0.29, 0.717) is 17.0 Å². The van der Waals surface area contributed by atoms with E-state index < -0.39 is 37.2 Å². The Kier molecular flexibility index (Phi) is 7.66. The summed E-state index contributed by atoms with van der Waals surface area (Å²) in [7, 11) is 0. The van der Waals surface area contributed by atoms with Crippen LogP contribution < -0.4 is 5.32 Å². The molecule has 0 unspecified atom stereocenters. The van der Waals surface area contributed by atoms with Crippen molar-refractivity contribution in [2.75, 3.05) is 0 Å². The molecule has 0 aliphatic carbocycles. The summed E-state index contributed by atoms with van der Waals surface area (Å²) in [4.78, 5) is 28.8. The van der Waals surface area contributed by atoms with Gasteiger partial charge in [0.15, 0.2) is 0 Å². The first kappa shape index (κ1) is 22.7. The fraction of sp³-hybridized carbons (Fsp3) is 0.421. The molecule has 0 spiro atoms. The van der Waals surface area contributed by atoms with Crippen LogP contribution in [0.4, 0.5) is 13.2 Å². The van der Waals surface area contributed by atoms with Gasteiger partial charge in [-0.3, -0.25) is 4.79 Å². The molecule has 6 nitrogen and oxygen atoms in total. The molecule has 2 rings (SSSR count). The highest BCUT2D eigenvalue weighted by atomic mass is 35.5. The van der Waals surface area contributed by atoms with Crippen LogP contribution >= 0.6 is 11.6 Å². The molecule has 0 saturated heterocycles. The van der Waals surface area contributed by atoms with E-state index in [1.807, 2.05) is 6.92 Å². The molecular weight excluding hydrogens is 411 g/mol. The molecule has 1 N–H and O–H groups in total. The van der Waals surface area contributed by atoms with Gasteiger partial charge in [0.05, 0.1) is 0 Å². The number of nitrogens with zero attached hydrogens (tertiary/aromatic N) is 2. The molecule has 1 aromatic heterocycles. The van der Waals surface area contributed by atoms with Crippen LogP contribution in [-0.4, -0.2) is 33.6 Å².